The van der Waals surface area contributed by atoms with Crippen LogP contribution in [0.3, 0.4) is 0 Å². The van der Waals surface area contributed by atoms with Crippen molar-refractivity contribution in [3.05, 3.63) is 45.0 Å². The fraction of sp³-hybridized carbons (Fsp3) is 0.417. The number of nitrogens with zero attached hydrogens (tertiary/aromatic N) is 3. The average Bonchev–Trinajstić information content (AvgIpc) is 2.69. The van der Waals surface area contributed by atoms with Gasteiger partial charge in [0.25, 0.3) is 5.56 Å². The molecule has 0 fully saturated rings. The van der Waals surface area contributed by atoms with Crippen molar-refractivity contribution >= 4 is 11.3 Å². The van der Waals surface area contributed by atoms with Gasteiger partial charge in [-0.3, -0.25) is 9.36 Å². The molecule has 0 N–H and O–H groups in total. The lowest BCUT2D eigenvalue weighted by Crippen LogP contribution is -2.19. The predicted molar refractivity (Wildman–Crippen MR) is 68.4 cm³/mol. The Labute approximate surface area is 104 Å². The van der Waals surface area contributed by atoms with Gasteiger partial charge in [-0.25, -0.2) is 9.97 Å². The third-order valence-corrected chi connectivity index (χ3v) is 3.25. The van der Waals surface area contributed by atoms with Crippen LogP contribution in [0, 0.1) is 0 Å². The van der Waals surface area contributed by atoms with Crippen LogP contribution in [0.4, 0.5) is 0 Å². The summed E-state index contributed by atoms with van der Waals surface area (Å²) >= 11 is 1.58. The number of thiazole rings is 1. The van der Waals surface area contributed by atoms with E-state index in [-0.39, 0.29) is 11.0 Å². The Balaban J connectivity index is 2.24. The van der Waals surface area contributed by atoms with Crippen LogP contribution < -0.4 is 5.56 Å². The second kappa shape index (κ2) is 4.41. The highest BCUT2D eigenvalue weighted by atomic mass is 32.1. The number of hydrogen-bond donors (Lipinski definition) is 0. The Kier molecular flexibility index (Phi) is 3.11. The van der Waals surface area contributed by atoms with Crippen molar-refractivity contribution in [2.45, 2.75) is 32.7 Å². The molecule has 0 radical (unpaired) electrons. The predicted octanol–water partition coefficient (Wildman–Crippen LogP) is 2.05. The fourth-order valence-corrected chi connectivity index (χ4v) is 2.39. The lowest BCUT2D eigenvalue weighted by Gasteiger charge is -2.14. The van der Waals surface area contributed by atoms with Gasteiger partial charge in [-0.15, -0.1) is 11.3 Å². The van der Waals surface area contributed by atoms with Gasteiger partial charge in [0.1, 0.15) is 5.01 Å². The Morgan fingerprint density at radius 2 is 2.18 bits per heavy atom. The first-order chi connectivity index (χ1) is 7.97. The molecule has 2 aromatic rings. The van der Waals surface area contributed by atoms with Crippen LogP contribution in [0.5, 0.6) is 0 Å². The summed E-state index contributed by atoms with van der Waals surface area (Å²) in [6, 6.07) is 1.46. The first-order valence-corrected chi connectivity index (χ1v) is 6.30. The molecule has 0 saturated heterocycles. The van der Waals surface area contributed by atoms with Crippen LogP contribution in [0.1, 0.15) is 31.5 Å². The van der Waals surface area contributed by atoms with E-state index in [2.05, 4.69) is 36.1 Å². The van der Waals surface area contributed by atoms with Crippen LogP contribution in [0.15, 0.2) is 28.8 Å². The first-order valence-electron chi connectivity index (χ1n) is 5.42. The monoisotopic (exact) mass is 249 g/mol. The van der Waals surface area contributed by atoms with E-state index in [9.17, 15) is 4.79 Å². The fourth-order valence-electron chi connectivity index (χ4n) is 1.37. The standard InChI is InChI=1S/C12H15N3OS/c1-12(2,3)9-7-17-10(14-9)6-15-8-13-5-4-11(15)16/h4-5,7-8H,6H2,1-3H3. The zero-order valence-electron chi connectivity index (χ0n) is 10.2. The number of rotatable bonds is 2. The highest BCUT2D eigenvalue weighted by Crippen LogP contribution is 2.23. The van der Waals surface area contributed by atoms with E-state index >= 15 is 0 Å². The SMILES string of the molecule is CC(C)(C)c1csc(Cn2cnccc2=O)n1. The van der Waals surface area contributed by atoms with Gasteiger partial charge in [0.15, 0.2) is 0 Å². The number of aromatic nitrogens is 3. The Morgan fingerprint density at radius 3 is 2.76 bits per heavy atom. The van der Waals surface area contributed by atoms with Gasteiger partial charge in [0.05, 0.1) is 18.6 Å². The Bertz CT molecular complexity index is 565. The summed E-state index contributed by atoms with van der Waals surface area (Å²) in [7, 11) is 0. The van der Waals surface area contributed by atoms with Gasteiger partial charge in [-0.05, 0) is 0 Å². The average molecular weight is 249 g/mol. The molecule has 0 unspecified atom stereocenters. The van der Waals surface area contributed by atoms with E-state index in [1.807, 2.05) is 0 Å². The van der Waals surface area contributed by atoms with Crippen molar-refractivity contribution in [3.63, 3.8) is 0 Å². The molecule has 0 aliphatic rings. The topological polar surface area (TPSA) is 47.8 Å². The summed E-state index contributed by atoms with van der Waals surface area (Å²) < 4.78 is 1.56. The van der Waals surface area contributed by atoms with Crippen LogP contribution in [0.2, 0.25) is 0 Å². The summed E-state index contributed by atoms with van der Waals surface area (Å²) in [4.78, 5) is 20.0. The second-order valence-electron chi connectivity index (χ2n) is 4.92. The molecule has 0 aromatic carbocycles. The summed E-state index contributed by atoms with van der Waals surface area (Å²) in [5, 5.41) is 2.99. The molecule has 4 nitrogen and oxygen atoms in total. The molecule has 0 atom stereocenters. The van der Waals surface area contributed by atoms with Crippen molar-refractivity contribution in [1.29, 1.82) is 0 Å². The van der Waals surface area contributed by atoms with Crippen LogP contribution in [0.25, 0.3) is 0 Å². The molecule has 90 valence electrons. The Morgan fingerprint density at radius 1 is 1.41 bits per heavy atom. The molecule has 17 heavy (non-hydrogen) atoms. The molecule has 2 aromatic heterocycles. The maximum Gasteiger partial charge on any atom is 0.253 e. The minimum Gasteiger partial charge on any atom is -0.292 e. The highest BCUT2D eigenvalue weighted by molar-refractivity contribution is 7.09. The molecule has 0 bridgehead atoms. The summed E-state index contributed by atoms with van der Waals surface area (Å²) in [6.45, 7) is 6.87. The molecular formula is C12H15N3OS. The molecule has 5 heteroatoms. The van der Waals surface area contributed by atoms with Gasteiger partial charge >= 0.3 is 0 Å². The van der Waals surface area contributed by atoms with Gasteiger partial charge in [-0.2, -0.15) is 0 Å². The van der Waals surface area contributed by atoms with Crippen molar-refractivity contribution in [2.24, 2.45) is 0 Å². The molecule has 0 amide bonds. The Hall–Kier alpha value is -1.49. The third kappa shape index (κ3) is 2.79. The van der Waals surface area contributed by atoms with Gasteiger partial charge in [0, 0.05) is 23.1 Å². The van der Waals surface area contributed by atoms with Crippen LogP contribution in [-0.2, 0) is 12.0 Å². The zero-order valence-corrected chi connectivity index (χ0v) is 11.0. The second-order valence-corrected chi connectivity index (χ2v) is 5.87. The maximum atomic E-state index is 11.5. The molecular weight excluding hydrogens is 234 g/mol. The maximum absolute atomic E-state index is 11.5. The smallest absolute Gasteiger partial charge is 0.253 e. The van der Waals surface area contributed by atoms with Gasteiger partial charge in [0.2, 0.25) is 0 Å². The molecule has 0 aliphatic heterocycles. The van der Waals surface area contributed by atoms with Gasteiger partial charge < -0.3 is 0 Å². The van der Waals surface area contributed by atoms with Crippen LogP contribution in [-0.4, -0.2) is 14.5 Å². The lowest BCUT2D eigenvalue weighted by atomic mass is 9.93. The highest BCUT2D eigenvalue weighted by Gasteiger charge is 2.17. The van der Waals surface area contributed by atoms with Crippen molar-refractivity contribution in [3.8, 4) is 0 Å². The van der Waals surface area contributed by atoms with Crippen LogP contribution >= 0.6 is 11.3 Å². The van der Waals surface area contributed by atoms with Crippen molar-refractivity contribution < 1.29 is 0 Å². The van der Waals surface area contributed by atoms with Crippen molar-refractivity contribution in [2.75, 3.05) is 0 Å². The van der Waals surface area contributed by atoms with Gasteiger partial charge in [-0.1, -0.05) is 20.8 Å². The molecule has 2 rings (SSSR count). The normalized spacial score (nSPS) is 11.7. The summed E-state index contributed by atoms with van der Waals surface area (Å²) in [6.07, 6.45) is 3.04. The lowest BCUT2D eigenvalue weighted by molar-refractivity contribution is 0.569. The molecule has 0 saturated carbocycles. The van der Waals surface area contributed by atoms with E-state index in [1.54, 1.807) is 22.2 Å². The molecule has 2 heterocycles. The van der Waals surface area contributed by atoms with E-state index < -0.39 is 0 Å². The first kappa shape index (κ1) is 12.0. The van der Waals surface area contributed by atoms with E-state index in [4.69, 9.17) is 0 Å². The largest absolute Gasteiger partial charge is 0.292 e. The number of hydrogen-bond acceptors (Lipinski definition) is 4. The summed E-state index contributed by atoms with van der Waals surface area (Å²) in [5.41, 5.74) is 1.07. The molecule has 0 aliphatic carbocycles. The minimum absolute atomic E-state index is 0.0486. The third-order valence-electron chi connectivity index (χ3n) is 2.42. The molecule has 0 spiro atoms. The van der Waals surface area contributed by atoms with E-state index in [0.717, 1.165) is 10.7 Å². The van der Waals surface area contributed by atoms with E-state index in [1.165, 1.54) is 12.3 Å². The summed E-state index contributed by atoms with van der Waals surface area (Å²) in [5.74, 6) is 0. The zero-order chi connectivity index (χ0) is 12.5. The van der Waals surface area contributed by atoms with Crippen molar-refractivity contribution in [1.82, 2.24) is 14.5 Å². The minimum atomic E-state index is -0.0486. The van der Waals surface area contributed by atoms with E-state index in [0.29, 0.717) is 6.54 Å². The quantitative estimate of drug-likeness (QED) is 0.818.